The highest BCUT2D eigenvalue weighted by atomic mass is 32.2. The van der Waals surface area contributed by atoms with Crippen molar-refractivity contribution in [3.05, 3.63) is 59.9 Å². The highest BCUT2D eigenvalue weighted by Crippen LogP contribution is 2.18. The standard InChI is InChI=1S/C19H22N2O4S/c1-26(23,24)18-9-4-6-15(12-18)19(22)21(14-17-8-5-11-25-17)13-16-7-2-3-10-20-16/h2-4,6-7,9-10,12,17H,5,8,11,13-14H2,1H3. The number of pyridine rings is 1. The van der Waals surface area contributed by atoms with Crippen molar-refractivity contribution in [2.75, 3.05) is 19.4 Å². The number of sulfone groups is 1. The van der Waals surface area contributed by atoms with Crippen LogP contribution in [0.5, 0.6) is 0 Å². The number of nitrogens with zero attached hydrogens (tertiary/aromatic N) is 2. The number of carbonyl (C=O) groups excluding carboxylic acids is 1. The minimum Gasteiger partial charge on any atom is -0.376 e. The average molecular weight is 374 g/mol. The van der Waals surface area contributed by atoms with Crippen LogP contribution in [0.25, 0.3) is 0 Å². The molecule has 0 spiro atoms. The van der Waals surface area contributed by atoms with Crippen LogP contribution < -0.4 is 0 Å². The maximum atomic E-state index is 13.1. The van der Waals surface area contributed by atoms with Crippen LogP contribution in [0, 0.1) is 0 Å². The first kappa shape index (κ1) is 18.5. The number of hydrogen-bond donors (Lipinski definition) is 0. The molecule has 26 heavy (non-hydrogen) atoms. The summed E-state index contributed by atoms with van der Waals surface area (Å²) in [5.41, 5.74) is 1.12. The van der Waals surface area contributed by atoms with Gasteiger partial charge >= 0.3 is 0 Å². The Morgan fingerprint density at radius 2 is 2.12 bits per heavy atom. The third-order valence-corrected chi connectivity index (χ3v) is 5.43. The van der Waals surface area contributed by atoms with Crippen molar-refractivity contribution in [1.82, 2.24) is 9.88 Å². The molecule has 2 heterocycles. The van der Waals surface area contributed by atoms with Gasteiger partial charge in [-0.3, -0.25) is 9.78 Å². The van der Waals surface area contributed by atoms with E-state index in [2.05, 4.69) is 4.98 Å². The van der Waals surface area contributed by atoms with Gasteiger partial charge in [0.15, 0.2) is 9.84 Å². The van der Waals surface area contributed by atoms with Crippen LogP contribution in [0.2, 0.25) is 0 Å². The van der Waals surface area contributed by atoms with Crippen LogP contribution in [0.4, 0.5) is 0 Å². The fraction of sp³-hybridized carbons (Fsp3) is 0.368. The Morgan fingerprint density at radius 1 is 1.27 bits per heavy atom. The molecule has 0 radical (unpaired) electrons. The van der Waals surface area contributed by atoms with E-state index < -0.39 is 9.84 Å². The zero-order valence-electron chi connectivity index (χ0n) is 14.7. The minimum atomic E-state index is -3.37. The molecule has 6 nitrogen and oxygen atoms in total. The first-order valence-corrected chi connectivity index (χ1v) is 10.4. The predicted molar refractivity (Wildman–Crippen MR) is 97.5 cm³/mol. The van der Waals surface area contributed by atoms with Crippen LogP contribution in [0.3, 0.4) is 0 Å². The van der Waals surface area contributed by atoms with E-state index in [1.807, 2.05) is 18.2 Å². The highest BCUT2D eigenvalue weighted by Gasteiger charge is 2.24. The lowest BCUT2D eigenvalue weighted by Gasteiger charge is -2.25. The molecule has 1 aliphatic rings. The van der Waals surface area contributed by atoms with Crippen LogP contribution in [-0.4, -0.2) is 49.7 Å². The van der Waals surface area contributed by atoms with Crippen molar-refractivity contribution in [1.29, 1.82) is 0 Å². The van der Waals surface area contributed by atoms with E-state index in [9.17, 15) is 13.2 Å². The number of amides is 1. The van der Waals surface area contributed by atoms with Gasteiger partial charge in [0.2, 0.25) is 0 Å². The van der Waals surface area contributed by atoms with Crippen molar-refractivity contribution >= 4 is 15.7 Å². The van der Waals surface area contributed by atoms with E-state index in [0.717, 1.165) is 24.8 Å². The molecule has 3 rings (SSSR count). The molecule has 138 valence electrons. The lowest BCUT2D eigenvalue weighted by molar-refractivity contribution is 0.0504. The number of ether oxygens (including phenoxy) is 1. The second kappa shape index (κ2) is 7.97. The Labute approximate surface area is 153 Å². The Balaban J connectivity index is 1.86. The molecule has 1 aromatic carbocycles. The summed E-state index contributed by atoms with van der Waals surface area (Å²) < 4.78 is 29.3. The third-order valence-electron chi connectivity index (χ3n) is 4.32. The number of carbonyl (C=O) groups is 1. The summed E-state index contributed by atoms with van der Waals surface area (Å²) in [4.78, 5) is 19.2. The minimum absolute atomic E-state index is 0.000697. The largest absolute Gasteiger partial charge is 0.376 e. The molecule has 7 heteroatoms. The van der Waals surface area contributed by atoms with E-state index in [1.54, 1.807) is 23.2 Å². The summed E-state index contributed by atoms with van der Waals surface area (Å²) in [7, 11) is -3.37. The molecule has 1 aliphatic heterocycles. The smallest absolute Gasteiger partial charge is 0.254 e. The normalized spacial score (nSPS) is 17.2. The Kier molecular flexibility index (Phi) is 5.68. The second-order valence-corrected chi connectivity index (χ2v) is 8.46. The molecule has 1 fully saturated rings. The summed E-state index contributed by atoms with van der Waals surface area (Å²) in [6.07, 6.45) is 4.72. The number of benzene rings is 1. The van der Waals surface area contributed by atoms with Gasteiger partial charge in [-0.05, 0) is 43.2 Å². The molecule has 0 bridgehead atoms. The van der Waals surface area contributed by atoms with E-state index >= 15 is 0 Å². The van der Waals surface area contributed by atoms with Gasteiger partial charge in [0, 0.05) is 31.2 Å². The van der Waals surface area contributed by atoms with Gasteiger partial charge in [0.25, 0.3) is 5.91 Å². The first-order valence-electron chi connectivity index (χ1n) is 8.54. The van der Waals surface area contributed by atoms with Gasteiger partial charge in [-0.2, -0.15) is 0 Å². The van der Waals surface area contributed by atoms with Crippen LogP contribution in [0.15, 0.2) is 53.6 Å². The van der Waals surface area contributed by atoms with E-state index in [4.69, 9.17) is 4.74 Å². The number of aromatic nitrogens is 1. The van der Waals surface area contributed by atoms with Crippen LogP contribution in [0.1, 0.15) is 28.9 Å². The molecule has 1 aromatic heterocycles. The Hall–Kier alpha value is -2.25. The van der Waals surface area contributed by atoms with Gasteiger partial charge in [0.05, 0.1) is 23.2 Å². The molecule has 1 atom stereocenters. The maximum Gasteiger partial charge on any atom is 0.254 e. The zero-order chi connectivity index (χ0) is 18.6. The Bertz CT molecular complexity index is 862. The number of rotatable bonds is 6. The number of hydrogen-bond acceptors (Lipinski definition) is 5. The molecular weight excluding hydrogens is 352 g/mol. The van der Waals surface area contributed by atoms with E-state index in [0.29, 0.717) is 25.3 Å². The lowest BCUT2D eigenvalue weighted by atomic mass is 10.1. The van der Waals surface area contributed by atoms with Crippen molar-refractivity contribution < 1.29 is 17.9 Å². The molecule has 2 aromatic rings. The quantitative estimate of drug-likeness (QED) is 0.775. The molecule has 0 aliphatic carbocycles. The van der Waals surface area contributed by atoms with Gasteiger partial charge in [-0.15, -0.1) is 0 Å². The molecule has 0 N–H and O–H groups in total. The van der Waals surface area contributed by atoms with E-state index in [1.165, 1.54) is 12.1 Å². The first-order chi connectivity index (χ1) is 12.4. The summed E-state index contributed by atoms with van der Waals surface area (Å²) in [6.45, 7) is 1.51. The van der Waals surface area contributed by atoms with Gasteiger partial charge < -0.3 is 9.64 Å². The summed E-state index contributed by atoms with van der Waals surface area (Å²) in [5, 5.41) is 0. The van der Waals surface area contributed by atoms with Crippen molar-refractivity contribution in [2.45, 2.75) is 30.4 Å². The van der Waals surface area contributed by atoms with Crippen LogP contribution in [-0.2, 0) is 21.1 Å². The van der Waals surface area contributed by atoms with Crippen molar-refractivity contribution in [2.24, 2.45) is 0 Å². The van der Waals surface area contributed by atoms with Crippen molar-refractivity contribution in [3.63, 3.8) is 0 Å². The highest BCUT2D eigenvalue weighted by molar-refractivity contribution is 7.90. The zero-order valence-corrected chi connectivity index (χ0v) is 15.5. The summed E-state index contributed by atoms with van der Waals surface area (Å²) in [5.74, 6) is -0.225. The maximum absolute atomic E-state index is 13.1. The van der Waals surface area contributed by atoms with Gasteiger partial charge in [-0.25, -0.2) is 8.42 Å². The monoisotopic (exact) mass is 374 g/mol. The Morgan fingerprint density at radius 3 is 2.77 bits per heavy atom. The molecule has 0 saturated carbocycles. The molecular formula is C19H22N2O4S. The lowest BCUT2D eigenvalue weighted by Crippen LogP contribution is -2.37. The summed E-state index contributed by atoms with van der Waals surface area (Å²) >= 11 is 0. The molecule has 1 amide bonds. The van der Waals surface area contributed by atoms with Gasteiger partial charge in [0.1, 0.15) is 0 Å². The van der Waals surface area contributed by atoms with Gasteiger partial charge in [-0.1, -0.05) is 12.1 Å². The molecule has 1 unspecified atom stereocenters. The molecule has 1 saturated heterocycles. The second-order valence-electron chi connectivity index (χ2n) is 6.44. The van der Waals surface area contributed by atoms with Crippen LogP contribution >= 0.6 is 0 Å². The SMILES string of the molecule is CS(=O)(=O)c1cccc(C(=O)N(Cc2ccccn2)CC2CCCO2)c1. The third kappa shape index (κ3) is 4.68. The van der Waals surface area contributed by atoms with E-state index in [-0.39, 0.29) is 16.9 Å². The predicted octanol–water partition coefficient (Wildman–Crippen LogP) is 2.31. The topological polar surface area (TPSA) is 76.6 Å². The van der Waals surface area contributed by atoms with Crippen molar-refractivity contribution in [3.8, 4) is 0 Å². The average Bonchev–Trinajstić information content (AvgIpc) is 3.14. The summed E-state index contributed by atoms with van der Waals surface area (Å²) in [6, 6.07) is 11.7. The fourth-order valence-electron chi connectivity index (χ4n) is 2.98. The fourth-order valence-corrected chi connectivity index (χ4v) is 3.65.